The maximum atomic E-state index is 14.1. The number of thioether (sulfide) groups is 1. The van der Waals surface area contributed by atoms with E-state index in [1.165, 1.54) is 17.8 Å². The largest absolute Gasteiger partial charge is 0.320 e. The van der Waals surface area contributed by atoms with Crippen molar-refractivity contribution in [2.75, 3.05) is 0 Å². The molecule has 3 nitrogen and oxygen atoms in total. The molecule has 1 amide bonds. The number of nitrogens with one attached hydrogen (secondary N) is 1. The second-order valence-corrected chi connectivity index (χ2v) is 7.02. The molecule has 0 saturated heterocycles. The van der Waals surface area contributed by atoms with Gasteiger partial charge in [0.2, 0.25) is 5.91 Å². The number of benzene rings is 2. The number of carbonyl (C=O) groups is 1. The molecule has 0 saturated carbocycles. The zero-order valence-corrected chi connectivity index (χ0v) is 14.7. The van der Waals surface area contributed by atoms with E-state index in [2.05, 4.69) is 11.4 Å². The first-order valence-corrected chi connectivity index (χ1v) is 9.00. The lowest BCUT2D eigenvalue weighted by Crippen LogP contribution is -2.31. The van der Waals surface area contributed by atoms with E-state index in [0.29, 0.717) is 26.9 Å². The highest BCUT2D eigenvalue weighted by molar-refractivity contribution is 8.02. The summed E-state index contributed by atoms with van der Waals surface area (Å²) in [5.41, 5.74) is 1.78. The number of amides is 1. The maximum Gasteiger partial charge on any atom is 0.225 e. The molecule has 1 aliphatic heterocycles. The zero-order valence-electron chi connectivity index (χ0n) is 13.1. The Balaban J connectivity index is 1.89. The minimum atomic E-state index is -0.562. The van der Waals surface area contributed by atoms with Crippen molar-refractivity contribution in [2.24, 2.45) is 0 Å². The Hall–Kier alpha value is -2.29. The molecule has 1 N–H and O–H groups in total. The number of carbonyl (C=O) groups excluding carboxylic acids is 1. The lowest BCUT2D eigenvalue weighted by atomic mass is 9.87. The maximum absolute atomic E-state index is 14.1. The van der Waals surface area contributed by atoms with Crippen molar-refractivity contribution in [1.29, 1.82) is 5.26 Å². The molecule has 126 valence electrons. The standard InChI is InChI=1S/C19H14ClFN2OS/c20-13-7-5-12(6-8-13)11-25-19-16(10-22)15(9-18(24)23-19)14-3-1-2-4-17(14)21/h1-8,15H,9,11H2,(H,23,24)/t15-/m1/s1. The van der Waals surface area contributed by atoms with Gasteiger partial charge in [0.1, 0.15) is 5.82 Å². The SMILES string of the molecule is N#CC1=C(SCc2ccc(Cl)cc2)NC(=O)C[C@@H]1c1ccccc1F. The van der Waals surface area contributed by atoms with Gasteiger partial charge in [-0.25, -0.2) is 4.39 Å². The summed E-state index contributed by atoms with van der Waals surface area (Å²) in [5, 5.41) is 13.5. The van der Waals surface area contributed by atoms with E-state index in [1.807, 2.05) is 12.1 Å². The lowest BCUT2D eigenvalue weighted by molar-refractivity contribution is -0.120. The first kappa shape index (κ1) is 17.5. The summed E-state index contributed by atoms with van der Waals surface area (Å²) in [5.74, 6) is -0.613. The Labute approximate surface area is 154 Å². The lowest BCUT2D eigenvalue weighted by Gasteiger charge is -2.25. The average Bonchev–Trinajstić information content (AvgIpc) is 2.61. The molecule has 1 heterocycles. The van der Waals surface area contributed by atoms with Crippen LogP contribution in [0.25, 0.3) is 0 Å². The van der Waals surface area contributed by atoms with Crippen LogP contribution in [0.2, 0.25) is 5.02 Å². The van der Waals surface area contributed by atoms with Crippen molar-refractivity contribution in [2.45, 2.75) is 18.1 Å². The third-order valence-electron chi connectivity index (χ3n) is 3.93. The molecule has 0 bridgehead atoms. The van der Waals surface area contributed by atoms with Crippen molar-refractivity contribution in [3.05, 3.63) is 81.1 Å². The molecule has 2 aromatic rings. The van der Waals surface area contributed by atoms with Gasteiger partial charge in [0, 0.05) is 23.1 Å². The van der Waals surface area contributed by atoms with Crippen LogP contribution >= 0.6 is 23.4 Å². The molecule has 3 rings (SSSR count). The number of halogens is 2. The Morgan fingerprint density at radius 3 is 2.64 bits per heavy atom. The third kappa shape index (κ3) is 4.04. The summed E-state index contributed by atoms with van der Waals surface area (Å²) < 4.78 is 14.1. The predicted molar refractivity (Wildman–Crippen MR) is 97.3 cm³/mol. The number of hydrogen-bond acceptors (Lipinski definition) is 3. The van der Waals surface area contributed by atoms with E-state index in [4.69, 9.17) is 11.6 Å². The predicted octanol–water partition coefficient (Wildman–Crippen LogP) is 4.75. The van der Waals surface area contributed by atoms with E-state index >= 15 is 0 Å². The normalized spacial score (nSPS) is 17.2. The van der Waals surface area contributed by atoms with Gasteiger partial charge in [-0.1, -0.05) is 41.9 Å². The van der Waals surface area contributed by atoms with Crippen LogP contribution in [0.3, 0.4) is 0 Å². The molecule has 2 aromatic carbocycles. The minimum Gasteiger partial charge on any atom is -0.320 e. The second kappa shape index (κ2) is 7.73. The van der Waals surface area contributed by atoms with Crippen LogP contribution in [-0.4, -0.2) is 5.91 Å². The minimum absolute atomic E-state index is 0.0643. The fourth-order valence-electron chi connectivity index (χ4n) is 2.69. The molecule has 0 aromatic heterocycles. The monoisotopic (exact) mass is 372 g/mol. The molecule has 6 heteroatoms. The highest BCUT2D eigenvalue weighted by Crippen LogP contribution is 2.37. The van der Waals surface area contributed by atoms with Crippen molar-refractivity contribution >= 4 is 29.3 Å². The van der Waals surface area contributed by atoms with Gasteiger partial charge in [-0.15, -0.1) is 11.8 Å². The van der Waals surface area contributed by atoms with Crippen molar-refractivity contribution in [3.63, 3.8) is 0 Å². The number of rotatable bonds is 4. The van der Waals surface area contributed by atoms with E-state index in [-0.39, 0.29) is 12.3 Å². The quantitative estimate of drug-likeness (QED) is 0.842. The van der Waals surface area contributed by atoms with Gasteiger partial charge in [0.15, 0.2) is 0 Å². The summed E-state index contributed by atoms with van der Waals surface area (Å²) in [6.07, 6.45) is 0.0643. The summed E-state index contributed by atoms with van der Waals surface area (Å²) >= 11 is 7.23. The highest BCUT2D eigenvalue weighted by Gasteiger charge is 2.31. The third-order valence-corrected chi connectivity index (χ3v) is 5.27. The van der Waals surface area contributed by atoms with Crippen LogP contribution < -0.4 is 5.32 Å². The Bertz CT molecular complexity index is 874. The van der Waals surface area contributed by atoms with Gasteiger partial charge in [-0.2, -0.15) is 5.26 Å². The van der Waals surface area contributed by atoms with E-state index in [0.717, 1.165) is 5.56 Å². The van der Waals surface area contributed by atoms with Crippen LogP contribution in [0.5, 0.6) is 0 Å². The van der Waals surface area contributed by atoms with Crippen molar-refractivity contribution < 1.29 is 9.18 Å². The van der Waals surface area contributed by atoms with Crippen LogP contribution in [0.1, 0.15) is 23.5 Å². The molecule has 0 unspecified atom stereocenters. The molecule has 0 radical (unpaired) electrons. The van der Waals surface area contributed by atoms with Gasteiger partial charge >= 0.3 is 0 Å². The first-order chi connectivity index (χ1) is 12.1. The molecule has 25 heavy (non-hydrogen) atoms. The van der Waals surface area contributed by atoms with Gasteiger partial charge in [-0.3, -0.25) is 4.79 Å². The van der Waals surface area contributed by atoms with Crippen LogP contribution in [0, 0.1) is 17.1 Å². The Morgan fingerprint density at radius 1 is 1.24 bits per heavy atom. The molecule has 0 aliphatic carbocycles. The number of nitriles is 1. The van der Waals surface area contributed by atoms with Gasteiger partial charge < -0.3 is 5.32 Å². The molecular formula is C19H14ClFN2OS. The van der Waals surface area contributed by atoms with Gasteiger partial charge in [-0.05, 0) is 29.3 Å². The fraction of sp³-hybridized carbons (Fsp3) is 0.158. The molecule has 0 spiro atoms. The van der Waals surface area contributed by atoms with Crippen LogP contribution in [0.4, 0.5) is 4.39 Å². The molecule has 1 aliphatic rings. The van der Waals surface area contributed by atoms with Gasteiger partial charge in [0.05, 0.1) is 16.7 Å². The van der Waals surface area contributed by atoms with E-state index < -0.39 is 11.7 Å². The van der Waals surface area contributed by atoms with Crippen molar-refractivity contribution in [1.82, 2.24) is 5.32 Å². The Kier molecular flexibility index (Phi) is 5.42. The Morgan fingerprint density at radius 2 is 1.96 bits per heavy atom. The van der Waals surface area contributed by atoms with E-state index in [1.54, 1.807) is 30.3 Å². The molecule has 0 fully saturated rings. The highest BCUT2D eigenvalue weighted by atomic mass is 35.5. The van der Waals surface area contributed by atoms with Crippen LogP contribution in [-0.2, 0) is 10.5 Å². The summed E-state index contributed by atoms with van der Waals surface area (Å²) in [7, 11) is 0. The first-order valence-electron chi connectivity index (χ1n) is 7.64. The average molecular weight is 373 g/mol. The number of allylic oxidation sites excluding steroid dienone is 1. The fourth-order valence-corrected chi connectivity index (χ4v) is 3.85. The molecule has 1 atom stereocenters. The second-order valence-electron chi connectivity index (χ2n) is 5.60. The van der Waals surface area contributed by atoms with Gasteiger partial charge in [0.25, 0.3) is 0 Å². The summed E-state index contributed by atoms with van der Waals surface area (Å²) in [4.78, 5) is 12.1. The summed E-state index contributed by atoms with van der Waals surface area (Å²) in [6, 6.07) is 15.8. The van der Waals surface area contributed by atoms with Crippen molar-refractivity contribution in [3.8, 4) is 6.07 Å². The smallest absolute Gasteiger partial charge is 0.225 e. The number of nitrogens with zero attached hydrogens (tertiary/aromatic N) is 1. The summed E-state index contributed by atoms with van der Waals surface area (Å²) in [6.45, 7) is 0. The zero-order chi connectivity index (χ0) is 17.8. The van der Waals surface area contributed by atoms with E-state index in [9.17, 15) is 14.4 Å². The van der Waals surface area contributed by atoms with Crippen LogP contribution in [0.15, 0.2) is 59.1 Å². The topological polar surface area (TPSA) is 52.9 Å². The molecular weight excluding hydrogens is 359 g/mol. The number of hydrogen-bond donors (Lipinski definition) is 1.